The lowest BCUT2D eigenvalue weighted by atomic mass is 10.1. The van der Waals surface area contributed by atoms with E-state index in [4.69, 9.17) is 26.0 Å². The van der Waals surface area contributed by atoms with E-state index in [-0.39, 0.29) is 6.17 Å². The molecule has 1 unspecified atom stereocenters. The molecule has 1 fully saturated rings. The number of benzene rings is 1. The number of hydrogen-bond donors (Lipinski definition) is 0. The molecule has 1 atom stereocenters. The SMILES string of the molecule is COC1(c2nc(N3C=NC4c5ccccc5N5CN(Cl)C=C5N43)no2)CC1. The van der Waals surface area contributed by atoms with Crippen molar-refractivity contribution >= 4 is 29.8 Å². The minimum absolute atomic E-state index is 0.203. The van der Waals surface area contributed by atoms with Gasteiger partial charge in [0.05, 0.1) is 11.9 Å². The van der Waals surface area contributed by atoms with E-state index in [0.717, 1.165) is 29.9 Å². The van der Waals surface area contributed by atoms with E-state index in [1.165, 1.54) is 0 Å². The van der Waals surface area contributed by atoms with E-state index in [0.29, 0.717) is 18.5 Å². The Bertz CT molecular complexity index is 985. The summed E-state index contributed by atoms with van der Waals surface area (Å²) in [5.74, 6) is 1.84. The average Bonchev–Trinajstić information content (AvgIpc) is 3.03. The Morgan fingerprint density at radius 3 is 2.96 bits per heavy atom. The number of rotatable bonds is 3. The van der Waals surface area contributed by atoms with Crippen LogP contribution in [-0.4, -0.2) is 39.7 Å². The third kappa shape index (κ3) is 2.00. The first-order valence-corrected chi connectivity index (χ1v) is 9.06. The van der Waals surface area contributed by atoms with Crippen molar-refractivity contribution in [1.29, 1.82) is 0 Å². The van der Waals surface area contributed by atoms with Crippen LogP contribution in [0, 0.1) is 0 Å². The number of ether oxygens (including phenoxy) is 1. The molecule has 4 aliphatic rings. The second-order valence-corrected chi connectivity index (χ2v) is 7.37. The van der Waals surface area contributed by atoms with Crippen molar-refractivity contribution in [2.45, 2.75) is 24.6 Å². The number of halogens is 1. The molecule has 6 rings (SSSR count). The highest BCUT2D eigenvalue weighted by Crippen LogP contribution is 2.49. The van der Waals surface area contributed by atoms with E-state index in [1.54, 1.807) is 22.9 Å². The third-order valence-corrected chi connectivity index (χ3v) is 5.64. The molecule has 0 radical (unpaired) electrons. The van der Waals surface area contributed by atoms with Crippen LogP contribution >= 0.6 is 11.8 Å². The molecular formula is C17H16ClN7O2. The summed E-state index contributed by atoms with van der Waals surface area (Å²) in [4.78, 5) is 11.4. The normalized spacial score (nSPS) is 24.1. The van der Waals surface area contributed by atoms with E-state index in [9.17, 15) is 0 Å². The van der Waals surface area contributed by atoms with Gasteiger partial charge < -0.3 is 14.2 Å². The number of methoxy groups -OCH3 is 1. The zero-order valence-corrected chi connectivity index (χ0v) is 15.2. The van der Waals surface area contributed by atoms with E-state index < -0.39 is 5.60 Å². The van der Waals surface area contributed by atoms with Gasteiger partial charge in [-0.25, -0.2) is 15.0 Å². The first-order valence-electron chi connectivity index (χ1n) is 8.72. The minimum Gasteiger partial charge on any atom is -0.368 e. The van der Waals surface area contributed by atoms with Crippen LogP contribution in [0.1, 0.15) is 30.5 Å². The molecule has 27 heavy (non-hydrogen) atoms. The smallest absolute Gasteiger partial charge is 0.290 e. The van der Waals surface area contributed by atoms with Gasteiger partial charge >= 0.3 is 0 Å². The van der Waals surface area contributed by atoms with Crippen molar-refractivity contribution < 1.29 is 9.26 Å². The topological polar surface area (TPSA) is 73.5 Å². The highest BCUT2D eigenvalue weighted by Gasteiger charge is 2.51. The highest BCUT2D eigenvalue weighted by atomic mass is 35.5. The van der Waals surface area contributed by atoms with Gasteiger partial charge in [0, 0.05) is 24.4 Å². The maximum absolute atomic E-state index is 6.29. The van der Waals surface area contributed by atoms with Gasteiger partial charge in [0.15, 0.2) is 6.17 Å². The number of hydrazine groups is 1. The highest BCUT2D eigenvalue weighted by molar-refractivity contribution is 6.14. The van der Waals surface area contributed by atoms with Gasteiger partial charge in [-0.05, 0) is 24.1 Å². The molecule has 10 heteroatoms. The molecule has 4 heterocycles. The second kappa shape index (κ2) is 5.14. The van der Waals surface area contributed by atoms with Crippen molar-refractivity contribution in [3.8, 4) is 0 Å². The molecule has 0 spiro atoms. The van der Waals surface area contributed by atoms with E-state index in [1.807, 2.05) is 23.3 Å². The van der Waals surface area contributed by atoms with Crippen LogP contribution in [0.2, 0.25) is 0 Å². The lowest BCUT2D eigenvalue weighted by Gasteiger charge is -2.41. The Kier molecular flexibility index (Phi) is 2.91. The number of aliphatic imine (C=N–C) groups is 1. The Hall–Kier alpha value is -2.78. The lowest BCUT2D eigenvalue weighted by Crippen LogP contribution is -2.47. The molecule has 0 N–H and O–H groups in total. The van der Waals surface area contributed by atoms with Gasteiger partial charge in [-0.1, -0.05) is 18.2 Å². The number of aromatic nitrogens is 2. The molecule has 0 bridgehead atoms. The Morgan fingerprint density at radius 2 is 2.15 bits per heavy atom. The average molecular weight is 386 g/mol. The van der Waals surface area contributed by atoms with Crippen LogP contribution < -0.4 is 9.91 Å². The van der Waals surface area contributed by atoms with Gasteiger partial charge in [0.2, 0.25) is 0 Å². The van der Waals surface area contributed by atoms with Crippen molar-refractivity contribution in [2.75, 3.05) is 23.7 Å². The Balaban J connectivity index is 1.42. The number of para-hydroxylation sites is 1. The molecule has 0 amide bonds. The van der Waals surface area contributed by atoms with Crippen LogP contribution in [0.3, 0.4) is 0 Å². The van der Waals surface area contributed by atoms with Gasteiger partial charge in [-0.15, -0.1) is 0 Å². The van der Waals surface area contributed by atoms with Crippen molar-refractivity contribution in [3.05, 3.63) is 47.7 Å². The van der Waals surface area contributed by atoms with E-state index in [2.05, 4.69) is 27.2 Å². The summed E-state index contributed by atoms with van der Waals surface area (Å²) in [5, 5.41) is 7.99. The molecule has 1 aromatic heterocycles. The summed E-state index contributed by atoms with van der Waals surface area (Å²) in [5.41, 5.74) is 1.76. The second-order valence-electron chi connectivity index (χ2n) is 6.94. The maximum Gasteiger partial charge on any atom is 0.290 e. The fourth-order valence-corrected chi connectivity index (χ4v) is 4.04. The van der Waals surface area contributed by atoms with E-state index >= 15 is 0 Å². The van der Waals surface area contributed by atoms with Crippen LogP contribution in [0.5, 0.6) is 0 Å². The quantitative estimate of drug-likeness (QED) is 0.746. The van der Waals surface area contributed by atoms with Crippen molar-refractivity contribution in [3.63, 3.8) is 0 Å². The number of fused-ring (bicyclic) bond motifs is 6. The number of nitrogens with zero attached hydrogens (tertiary/aromatic N) is 7. The summed E-state index contributed by atoms with van der Waals surface area (Å²) < 4.78 is 12.7. The molecule has 1 aliphatic carbocycles. The van der Waals surface area contributed by atoms with Crippen LogP contribution in [0.25, 0.3) is 0 Å². The largest absolute Gasteiger partial charge is 0.368 e. The van der Waals surface area contributed by atoms with Crippen molar-refractivity contribution in [1.82, 2.24) is 19.6 Å². The molecular weight excluding hydrogens is 370 g/mol. The summed E-state index contributed by atoms with van der Waals surface area (Å²) in [6, 6.07) is 8.19. The molecule has 138 valence electrons. The van der Waals surface area contributed by atoms with Gasteiger partial charge in [-0.2, -0.15) is 4.98 Å². The Labute approximate surface area is 160 Å². The van der Waals surface area contributed by atoms with Crippen molar-refractivity contribution in [2.24, 2.45) is 4.99 Å². The summed E-state index contributed by atoms with van der Waals surface area (Å²) in [6.07, 6.45) is 5.18. The Morgan fingerprint density at radius 1 is 1.30 bits per heavy atom. The van der Waals surface area contributed by atoms with Gasteiger partial charge in [0.25, 0.3) is 11.8 Å². The molecule has 1 saturated carbocycles. The standard InChI is InChI=1S/C17H16ClN7O2/c1-26-17(6-7-17)15-20-16(21-27-15)24-9-19-14-11-4-2-3-5-12(11)23-10-22(18)8-13(23)25(14)24/h2-5,8-9,14H,6-7,10H2,1H3. The van der Waals surface area contributed by atoms with Gasteiger partial charge in [-0.3, -0.25) is 4.42 Å². The first-order chi connectivity index (χ1) is 13.2. The number of hydrogen-bond acceptors (Lipinski definition) is 9. The predicted molar refractivity (Wildman–Crippen MR) is 97.3 cm³/mol. The summed E-state index contributed by atoms with van der Waals surface area (Å²) in [6.45, 7) is 0.551. The predicted octanol–water partition coefficient (Wildman–Crippen LogP) is 2.52. The summed E-state index contributed by atoms with van der Waals surface area (Å²) in [7, 11) is 1.67. The third-order valence-electron chi connectivity index (χ3n) is 5.43. The summed E-state index contributed by atoms with van der Waals surface area (Å²) >= 11 is 6.29. The maximum atomic E-state index is 6.29. The molecule has 1 aromatic carbocycles. The van der Waals surface area contributed by atoms with Crippen LogP contribution in [0.4, 0.5) is 11.6 Å². The molecule has 3 aliphatic heterocycles. The molecule has 2 aromatic rings. The lowest BCUT2D eigenvalue weighted by molar-refractivity contribution is 0.0492. The first kappa shape index (κ1) is 15.3. The molecule has 0 saturated heterocycles. The fraction of sp³-hybridized carbons (Fsp3) is 0.353. The molecule has 9 nitrogen and oxygen atoms in total. The minimum atomic E-state index is -0.429. The van der Waals surface area contributed by atoms with Gasteiger partial charge in [0.1, 0.15) is 24.4 Å². The van der Waals surface area contributed by atoms with Crippen LogP contribution in [-0.2, 0) is 10.3 Å². The van der Waals surface area contributed by atoms with Crippen LogP contribution in [0.15, 0.2) is 45.8 Å². The zero-order valence-electron chi connectivity index (χ0n) is 14.5. The fourth-order valence-electron chi connectivity index (χ4n) is 3.85. The zero-order chi connectivity index (χ0) is 18.2. The number of anilines is 2. The monoisotopic (exact) mass is 385 g/mol.